The molecule has 0 aliphatic carbocycles. The van der Waals surface area contributed by atoms with Gasteiger partial charge in [0.15, 0.2) is 0 Å². The van der Waals surface area contributed by atoms with Crippen molar-refractivity contribution in [2.75, 3.05) is 10.5 Å². The Kier molecular flexibility index (Phi) is 2.30. The molecule has 0 atom stereocenters. The molecule has 0 bridgehead atoms. The molecule has 18 heavy (non-hydrogen) atoms. The van der Waals surface area contributed by atoms with Crippen LogP contribution in [-0.2, 0) is 10.0 Å². The first-order chi connectivity index (χ1) is 8.49. The molecular formula is C12H9ClN2O2S. The van der Waals surface area contributed by atoms with Gasteiger partial charge in [-0.2, -0.15) is 0 Å². The summed E-state index contributed by atoms with van der Waals surface area (Å²) in [5.41, 5.74) is 7.82. The molecule has 0 amide bonds. The predicted molar refractivity (Wildman–Crippen MR) is 72.1 cm³/mol. The van der Waals surface area contributed by atoms with Gasteiger partial charge in [0, 0.05) is 16.1 Å². The average molecular weight is 281 g/mol. The van der Waals surface area contributed by atoms with Crippen molar-refractivity contribution in [1.29, 1.82) is 0 Å². The van der Waals surface area contributed by atoms with E-state index in [9.17, 15) is 8.42 Å². The van der Waals surface area contributed by atoms with Crippen molar-refractivity contribution in [1.82, 2.24) is 0 Å². The van der Waals surface area contributed by atoms with Crippen molar-refractivity contribution in [3.63, 3.8) is 0 Å². The smallest absolute Gasteiger partial charge is 0.262 e. The van der Waals surface area contributed by atoms with Crippen LogP contribution in [0.15, 0.2) is 41.3 Å². The van der Waals surface area contributed by atoms with Crippen LogP contribution in [0.1, 0.15) is 0 Å². The zero-order valence-electron chi connectivity index (χ0n) is 9.14. The van der Waals surface area contributed by atoms with Gasteiger partial charge >= 0.3 is 0 Å². The summed E-state index contributed by atoms with van der Waals surface area (Å²) in [6, 6.07) is 9.97. The minimum Gasteiger partial charge on any atom is -0.397 e. The number of fused-ring (bicyclic) bond motifs is 3. The highest BCUT2D eigenvalue weighted by Crippen LogP contribution is 2.43. The normalized spacial score (nSPS) is 15.4. The molecule has 6 heteroatoms. The fourth-order valence-electron chi connectivity index (χ4n) is 2.07. The molecule has 92 valence electrons. The van der Waals surface area contributed by atoms with E-state index in [1.807, 2.05) is 0 Å². The van der Waals surface area contributed by atoms with Crippen molar-refractivity contribution in [2.24, 2.45) is 0 Å². The Morgan fingerprint density at radius 3 is 2.61 bits per heavy atom. The van der Waals surface area contributed by atoms with Gasteiger partial charge in [0.2, 0.25) is 0 Å². The van der Waals surface area contributed by atoms with E-state index in [1.165, 1.54) is 6.07 Å². The number of rotatable bonds is 0. The molecule has 2 aromatic rings. The Balaban J connectivity index is 2.44. The van der Waals surface area contributed by atoms with E-state index >= 15 is 0 Å². The van der Waals surface area contributed by atoms with Gasteiger partial charge in [-0.3, -0.25) is 4.72 Å². The van der Waals surface area contributed by atoms with Gasteiger partial charge in [-0.25, -0.2) is 8.42 Å². The highest BCUT2D eigenvalue weighted by atomic mass is 35.5. The third kappa shape index (κ3) is 1.55. The van der Waals surface area contributed by atoms with Crippen LogP contribution in [0, 0.1) is 0 Å². The third-order valence-electron chi connectivity index (χ3n) is 2.84. The Morgan fingerprint density at radius 2 is 1.83 bits per heavy atom. The monoisotopic (exact) mass is 280 g/mol. The van der Waals surface area contributed by atoms with Crippen LogP contribution in [0.5, 0.6) is 0 Å². The molecule has 0 saturated heterocycles. The number of benzene rings is 2. The standard InChI is InChI=1S/C12H9ClN2O2S/c13-7-5-9-8-3-1-2-4-11(8)18(16,17)15-12(9)10(14)6-7/h1-6,15H,14H2. The molecule has 0 saturated carbocycles. The van der Waals surface area contributed by atoms with Crippen molar-refractivity contribution < 1.29 is 8.42 Å². The largest absolute Gasteiger partial charge is 0.397 e. The molecule has 1 heterocycles. The topological polar surface area (TPSA) is 72.2 Å². The number of nitrogen functional groups attached to an aromatic ring is 1. The number of nitrogens with one attached hydrogen (secondary N) is 1. The summed E-state index contributed by atoms with van der Waals surface area (Å²) in [7, 11) is -3.56. The maximum atomic E-state index is 12.1. The summed E-state index contributed by atoms with van der Waals surface area (Å²) < 4.78 is 26.6. The van der Waals surface area contributed by atoms with Crippen molar-refractivity contribution in [3.05, 3.63) is 41.4 Å². The minimum absolute atomic E-state index is 0.235. The van der Waals surface area contributed by atoms with Crippen LogP contribution in [0.2, 0.25) is 5.02 Å². The van der Waals surface area contributed by atoms with Gasteiger partial charge in [-0.05, 0) is 18.2 Å². The minimum atomic E-state index is -3.56. The Morgan fingerprint density at radius 1 is 1.11 bits per heavy atom. The lowest BCUT2D eigenvalue weighted by molar-refractivity contribution is 0.601. The Hall–Kier alpha value is -1.72. The Bertz CT molecular complexity index is 757. The molecule has 0 radical (unpaired) electrons. The highest BCUT2D eigenvalue weighted by Gasteiger charge is 2.28. The zero-order valence-corrected chi connectivity index (χ0v) is 10.7. The molecule has 4 nitrogen and oxygen atoms in total. The van der Waals surface area contributed by atoms with Gasteiger partial charge in [0.1, 0.15) is 0 Å². The van der Waals surface area contributed by atoms with E-state index in [2.05, 4.69) is 4.72 Å². The second-order valence-electron chi connectivity index (χ2n) is 4.02. The van der Waals surface area contributed by atoms with Gasteiger partial charge < -0.3 is 5.73 Å². The van der Waals surface area contributed by atoms with Crippen LogP contribution < -0.4 is 10.5 Å². The molecule has 0 fully saturated rings. The number of hydrogen-bond acceptors (Lipinski definition) is 3. The number of nitrogens with two attached hydrogens (primary N) is 1. The van der Waals surface area contributed by atoms with Crippen LogP contribution >= 0.6 is 11.6 Å². The van der Waals surface area contributed by atoms with Crippen LogP contribution in [-0.4, -0.2) is 8.42 Å². The van der Waals surface area contributed by atoms with Crippen molar-refractivity contribution in [2.45, 2.75) is 4.90 Å². The van der Waals surface area contributed by atoms with Crippen LogP contribution in [0.25, 0.3) is 11.1 Å². The van der Waals surface area contributed by atoms with E-state index in [1.54, 1.807) is 30.3 Å². The van der Waals surface area contributed by atoms with Crippen LogP contribution in [0.3, 0.4) is 0 Å². The summed E-state index contributed by atoms with van der Waals surface area (Å²) in [6.07, 6.45) is 0. The third-order valence-corrected chi connectivity index (χ3v) is 4.46. The summed E-state index contributed by atoms with van der Waals surface area (Å²) in [5.74, 6) is 0. The number of halogens is 1. The fourth-order valence-corrected chi connectivity index (χ4v) is 3.63. The van der Waals surface area contributed by atoms with Gasteiger partial charge in [-0.1, -0.05) is 29.8 Å². The number of anilines is 2. The summed E-state index contributed by atoms with van der Waals surface area (Å²) in [5, 5.41) is 0.474. The molecule has 3 N–H and O–H groups in total. The molecule has 1 aliphatic heterocycles. The molecule has 0 aromatic heterocycles. The second-order valence-corrected chi connectivity index (χ2v) is 6.11. The lowest BCUT2D eigenvalue weighted by Crippen LogP contribution is -2.19. The summed E-state index contributed by atoms with van der Waals surface area (Å²) in [4.78, 5) is 0.235. The lowest BCUT2D eigenvalue weighted by Gasteiger charge is -2.22. The maximum Gasteiger partial charge on any atom is 0.262 e. The fraction of sp³-hybridized carbons (Fsp3) is 0. The highest BCUT2D eigenvalue weighted by molar-refractivity contribution is 7.93. The first kappa shape index (κ1) is 11.4. The van der Waals surface area contributed by atoms with Crippen molar-refractivity contribution >= 4 is 33.0 Å². The average Bonchev–Trinajstić information content (AvgIpc) is 2.31. The SMILES string of the molecule is Nc1cc(Cl)cc2c1NS(=O)(=O)c1ccccc1-2. The maximum absolute atomic E-state index is 12.1. The van der Waals surface area contributed by atoms with Crippen molar-refractivity contribution in [3.8, 4) is 11.1 Å². The van der Waals surface area contributed by atoms with E-state index in [-0.39, 0.29) is 4.90 Å². The second kappa shape index (κ2) is 3.63. The number of hydrogen-bond donors (Lipinski definition) is 2. The molecule has 2 aromatic carbocycles. The lowest BCUT2D eigenvalue weighted by atomic mass is 10.0. The van der Waals surface area contributed by atoms with Crippen LogP contribution in [0.4, 0.5) is 11.4 Å². The van der Waals surface area contributed by atoms with Gasteiger partial charge in [0.25, 0.3) is 10.0 Å². The van der Waals surface area contributed by atoms with Gasteiger partial charge in [0.05, 0.1) is 16.3 Å². The van der Waals surface area contributed by atoms with E-state index in [0.29, 0.717) is 27.5 Å². The van der Waals surface area contributed by atoms with E-state index in [4.69, 9.17) is 17.3 Å². The first-order valence-electron chi connectivity index (χ1n) is 5.20. The molecule has 3 rings (SSSR count). The summed E-state index contributed by atoms with van der Waals surface area (Å²) >= 11 is 5.96. The Labute approximate surface area is 109 Å². The molecule has 0 unspecified atom stereocenters. The molecular weight excluding hydrogens is 272 g/mol. The summed E-state index contributed by atoms with van der Waals surface area (Å²) in [6.45, 7) is 0. The molecule has 1 aliphatic rings. The zero-order chi connectivity index (χ0) is 12.9. The first-order valence-corrected chi connectivity index (χ1v) is 7.06. The quantitative estimate of drug-likeness (QED) is 0.729. The van der Waals surface area contributed by atoms with Gasteiger partial charge in [-0.15, -0.1) is 0 Å². The number of sulfonamides is 1. The van der Waals surface area contributed by atoms with E-state index < -0.39 is 10.0 Å². The van der Waals surface area contributed by atoms with E-state index in [0.717, 1.165) is 0 Å². The molecule has 0 spiro atoms. The predicted octanol–water partition coefficient (Wildman–Crippen LogP) is 2.70.